The highest BCUT2D eigenvalue weighted by atomic mass is 16.5. The summed E-state index contributed by atoms with van der Waals surface area (Å²) in [6.45, 7) is 5.02. The van der Waals surface area contributed by atoms with Gasteiger partial charge >= 0.3 is 5.97 Å². The van der Waals surface area contributed by atoms with Crippen molar-refractivity contribution in [2.75, 3.05) is 27.3 Å². The number of methoxy groups -OCH3 is 2. The quantitative estimate of drug-likeness (QED) is 0.831. The standard InChI is InChI=1S/C16H24N2O3/c1-11-8-18(10-14(11)16(19)21-3)9-12-4-5-15(20-2)13(6-12)7-17/h4-6,11,14H,7-10,17H2,1-3H3. The monoisotopic (exact) mass is 292 g/mol. The first-order valence-corrected chi connectivity index (χ1v) is 7.25. The van der Waals surface area contributed by atoms with Crippen molar-refractivity contribution in [3.8, 4) is 5.75 Å². The van der Waals surface area contributed by atoms with Gasteiger partial charge in [-0.25, -0.2) is 0 Å². The summed E-state index contributed by atoms with van der Waals surface area (Å²) < 4.78 is 10.2. The van der Waals surface area contributed by atoms with Crippen LogP contribution < -0.4 is 10.5 Å². The highest BCUT2D eigenvalue weighted by Crippen LogP contribution is 2.27. The molecule has 2 unspecified atom stereocenters. The second-order valence-corrected chi connectivity index (χ2v) is 5.65. The van der Waals surface area contributed by atoms with Crippen LogP contribution in [0.1, 0.15) is 18.1 Å². The average Bonchev–Trinajstić information content (AvgIpc) is 2.86. The van der Waals surface area contributed by atoms with Gasteiger partial charge in [0.1, 0.15) is 5.75 Å². The summed E-state index contributed by atoms with van der Waals surface area (Å²) in [5.41, 5.74) is 7.95. The third kappa shape index (κ3) is 3.54. The molecule has 0 aromatic heterocycles. The van der Waals surface area contributed by atoms with Gasteiger partial charge in [-0.05, 0) is 23.6 Å². The van der Waals surface area contributed by atoms with Crippen LogP contribution in [0.2, 0.25) is 0 Å². The van der Waals surface area contributed by atoms with E-state index in [0.717, 1.165) is 30.9 Å². The molecule has 0 aliphatic carbocycles. The molecule has 1 saturated heterocycles. The Morgan fingerprint density at radius 2 is 2.14 bits per heavy atom. The molecule has 1 fully saturated rings. The van der Waals surface area contributed by atoms with Gasteiger partial charge in [0.15, 0.2) is 0 Å². The molecule has 5 nitrogen and oxygen atoms in total. The molecule has 2 N–H and O–H groups in total. The lowest BCUT2D eigenvalue weighted by molar-refractivity contribution is -0.146. The molecule has 0 saturated carbocycles. The van der Waals surface area contributed by atoms with Crippen LogP contribution in [0.25, 0.3) is 0 Å². The molecular formula is C16H24N2O3. The molecule has 2 rings (SSSR count). The van der Waals surface area contributed by atoms with Crippen LogP contribution in [-0.4, -0.2) is 38.2 Å². The molecule has 1 aromatic rings. The van der Waals surface area contributed by atoms with Gasteiger partial charge in [0, 0.05) is 31.7 Å². The van der Waals surface area contributed by atoms with Crippen LogP contribution >= 0.6 is 0 Å². The van der Waals surface area contributed by atoms with Crippen LogP contribution in [0.3, 0.4) is 0 Å². The molecule has 0 bridgehead atoms. The van der Waals surface area contributed by atoms with Crippen molar-refractivity contribution in [2.45, 2.75) is 20.0 Å². The number of esters is 1. The minimum atomic E-state index is -0.109. The van der Waals surface area contributed by atoms with Crippen molar-refractivity contribution in [3.63, 3.8) is 0 Å². The van der Waals surface area contributed by atoms with Crippen molar-refractivity contribution < 1.29 is 14.3 Å². The first-order valence-electron chi connectivity index (χ1n) is 7.25. The number of benzene rings is 1. The summed E-state index contributed by atoms with van der Waals surface area (Å²) in [5.74, 6) is 1.01. The van der Waals surface area contributed by atoms with E-state index in [1.807, 2.05) is 12.1 Å². The lowest BCUT2D eigenvalue weighted by atomic mass is 9.99. The molecule has 21 heavy (non-hydrogen) atoms. The van der Waals surface area contributed by atoms with Gasteiger partial charge in [-0.3, -0.25) is 9.69 Å². The van der Waals surface area contributed by atoms with E-state index in [4.69, 9.17) is 15.2 Å². The Bertz CT molecular complexity index is 504. The second-order valence-electron chi connectivity index (χ2n) is 5.65. The lowest BCUT2D eigenvalue weighted by Crippen LogP contribution is -2.24. The number of nitrogens with zero attached hydrogens (tertiary/aromatic N) is 1. The molecular weight excluding hydrogens is 268 g/mol. The number of hydrogen-bond donors (Lipinski definition) is 1. The van der Waals surface area contributed by atoms with E-state index in [1.54, 1.807) is 7.11 Å². The number of likely N-dealkylation sites (tertiary alicyclic amines) is 1. The van der Waals surface area contributed by atoms with Crippen molar-refractivity contribution in [2.24, 2.45) is 17.6 Å². The summed E-state index contributed by atoms with van der Waals surface area (Å²) in [4.78, 5) is 14.0. The van der Waals surface area contributed by atoms with Gasteiger partial charge in [0.2, 0.25) is 0 Å². The van der Waals surface area contributed by atoms with Gasteiger partial charge in [0.25, 0.3) is 0 Å². The fraction of sp³-hybridized carbons (Fsp3) is 0.562. The van der Waals surface area contributed by atoms with E-state index in [2.05, 4.69) is 17.9 Å². The van der Waals surface area contributed by atoms with E-state index < -0.39 is 0 Å². The molecule has 5 heteroatoms. The zero-order valence-corrected chi connectivity index (χ0v) is 13.0. The first-order chi connectivity index (χ1) is 10.1. The molecule has 0 radical (unpaired) electrons. The normalized spacial score (nSPS) is 22.3. The summed E-state index contributed by atoms with van der Waals surface area (Å²) >= 11 is 0. The number of carbonyl (C=O) groups excluding carboxylic acids is 1. The Labute approximate surface area is 126 Å². The van der Waals surface area contributed by atoms with Crippen LogP contribution in [0, 0.1) is 11.8 Å². The summed E-state index contributed by atoms with van der Waals surface area (Å²) in [6, 6.07) is 6.08. The van der Waals surface area contributed by atoms with E-state index in [1.165, 1.54) is 12.7 Å². The van der Waals surface area contributed by atoms with Crippen LogP contribution in [-0.2, 0) is 22.6 Å². The molecule has 1 aliphatic heterocycles. The van der Waals surface area contributed by atoms with E-state index in [-0.39, 0.29) is 11.9 Å². The Morgan fingerprint density at radius 3 is 2.76 bits per heavy atom. The Kier molecular flexibility index (Phi) is 5.20. The summed E-state index contributed by atoms with van der Waals surface area (Å²) in [7, 11) is 3.10. The zero-order valence-electron chi connectivity index (χ0n) is 13.0. The highest BCUT2D eigenvalue weighted by Gasteiger charge is 2.35. The second kappa shape index (κ2) is 6.91. The number of nitrogens with two attached hydrogens (primary N) is 1. The van der Waals surface area contributed by atoms with Crippen molar-refractivity contribution in [1.29, 1.82) is 0 Å². The minimum absolute atomic E-state index is 0.0257. The van der Waals surface area contributed by atoms with Gasteiger partial charge in [0.05, 0.1) is 20.1 Å². The van der Waals surface area contributed by atoms with Crippen molar-refractivity contribution in [1.82, 2.24) is 4.90 Å². The summed E-state index contributed by atoms with van der Waals surface area (Å²) in [5, 5.41) is 0. The summed E-state index contributed by atoms with van der Waals surface area (Å²) in [6.07, 6.45) is 0. The molecule has 2 atom stereocenters. The minimum Gasteiger partial charge on any atom is -0.496 e. The SMILES string of the molecule is COC(=O)C1CN(Cc2ccc(OC)c(CN)c2)CC1C. The van der Waals surface area contributed by atoms with Gasteiger partial charge in [-0.1, -0.05) is 13.0 Å². The molecule has 1 aromatic carbocycles. The molecule has 0 amide bonds. The van der Waals surface area contributed by atoms with E-state index in [0.29, 0.717) is 12.5 Å². The van der Waals surface area contributed by atoms with Gasteiger partial charge in [-0.15, -0.1) is 0 Å². The predicted molar refractivity (Wildman–Crippen MR) is 80.8 cm³/mol. The molecule has 0 spiro atoms. The maximum atomic E-state index is 11.7. The number of hydrogen-bond acceptors (Lipinski definition) is 5. The fourth-order valence-electron chi connectivity index (χ4n) is 3.00. The number of ether oxygens (including phenoxy) is 2. The van der Waals surface area contributed by atoms with Gasteiger partial charge in [-0.2, -0.15) is 0 Å². The largest absolute Gasteiger partial charge is 0.496 e. The zero-order chi connectivity index (χ0) is 15.4. The number of rotatable bonds is 5. The molecule has 1 heterocycles. The molecule has 116 valence electrons. The third-order valence-corrected chi connectivity index (χ3v) is 4.16. The van der Waals surface area contributed by atoms with E-state index in [9.17, 15) is 4.79 Å². The first kappa shape index (κ1) is 15.8. The smallest absolute Gasteiger partial charge is 0.310 e. The maximum absolute atomic E-state index is 11.7. The highest BCUT2D eigenvalue weighted by molar-refractivity contribution is 5.73. The fourth-order valence-corrected chi connectivity index (χ4v) is 3.00. The molecule has 1 aliphatic rings. The van der Waals surface area contributed by atoms with Crippen LogP contribution in [0.4, 0.5) is 0 Å². The topological polar surface area (TPSA) is 64.8 Å². The van der Waals surface area contributed by atoms with Crippen molar-refractivity contribution >= 4 is 5.97 Å². The number of carbonyl (C=O) groups is 1. The van der Waals surface area contributed by atoms with Gasteiger partial charge < -0.3 is 15.2 Å². The Hall–Kier alpha value is -1.59. The van der Waals surface area contributed by atoms with Crippen LogP contribution in [0.15, 0.2) is 18.2 Å². The average molecular weight is 292 g/mol. The Morgan fingerprint density at radius 1 is 1.38 bits per heavy atom. The third-order valence-electron chi connectivity index (χ3n) is 4.16. The Balaban J connectivity index is 2.04. The maximum Gasteiger partial charge on any atom is 0.310 e. The predicted octanol–water partition coefficient (Wildman–Crippen LogP) is 1.39. The van der Waals surface area contributed by atoms with E-state index >= 15 is 0 Å². The van der Waals surface area contributed by atoms with Crippen LogP contribution in [0.5, 0.6) is 5.75 Å². The lowest BCUT2D eigenvalue weighted by Gasteiger charge is -2.17. The van der Waals surface area contributed by atoms with Crippen molar-refractivity contribution in [3.05, 3.63) is 29.3 Å².